The predicted molar refractivity (Wildman–Crippen MR) is 176 cm³/mol. The average Bonchev–Trinajstić information content (AvgIpc) is 3.26. The van der Waals surface area contributed by atoms with Gasteiger partial charge in [-0.3, -0.25) is 9.98 Å². The van der Waals surface area contributed by atoms with E-state index < -0.39 is 0 Å². The van der Waals surface area contributed by atoms with Gasteiger partial charge in [-0.15, -0.1) is 0 Å². The fourth-order valence-corrected chi connectivity index (χ4v) is 6.05. The van der Waals surface area contributed by atoms with E-state index in [1.54, 1.807) is 24.6 Å². The average molecular weight is 613 g/mol. The van der Waals surface area contributed by atoms with Crippen LogP contribution in [-0.2, 0) is 26.5 Å². The molecule has 43 heavy (non-hydrogen) atoms. The summed E-state index contributed by atoms with van der Waals surface area (Å²) in [6.07, 6.45) is 3.52. The maximum absolute atomic E-state index is 10.7. The van der Waals surface area contributed by atoms with Crippen LogP contribution in [-0.4, -0.2) is 27.2 Å². The van der Waals surface area contributed by atoms with Crippen LogP contribution in [0.5, 0.6) is 11.5 Å². The van der Waals surface area contributed by atoms with Gasteiger partial charge >= 0.3 is 0 Å². The number of nitrogens with zero attached hydrogens (tertiary/aromatic N) is 3. The number of aromatic hydroxyl groups is 2. The molecule has 0 aliphatic heterocycles. The maximum atomic E-state index is 10.7. The molecule has 0 radical (unpaired) electrons. The van der Waals surface area contributed by atoms with Gasteiger partial charge in [-0.05, 0) is 82.9 Å². The molecule has 2 N–H and O–H groups in total. The monoisotopic (exact) mass is 611 g/mol. The van der Waals surface area contributed by atoms with Crippen LogP contribution in [0.2, 0.25) is 0 Å². The minimum absolute atomic E-state index is 0. The molecule has 0 saturated carbocycles. The number of benzene rings is 6. The number of hydrogen-bond acceptors (Lipinski definition) is 4. The Labute approximate surface area is 262 Å². The van der Waals surface area contributed by atoms with Crippen LogP contribution in [0.4, 0.5) is 11.4 Å². The van der Waals surface area contributed by atoms with Crippen molar-refractivity contribution >= 4 is 67.2 Å². The number of fused-ring (bicyclic) bond motifs is 5. The number of aliphatic imine (C=N–C) groups is 2. The summed E-state index contributed by atoms with van der Waals surface area (Å²) in [6.45, 7) is 4.15. The molecule has 0 atom stereocenters. The van der Waals surface area contributed by atoms with Gasteiger partial charge < -0.3 is 14.8 Å². The molecule has 1 heterocycles. The molecule has 0 aliphatic carbocycles. The molecule has 0 amide bonds. The predicted octanol–water partition coefficient (Wildman–Crippen LogP) is 9.16. The van der Waals surface area contributed by atoms with E-state index in [0.29, 0.717) is 11.1 Å². The first-order valence-corrected chi connectivity index (χ1v) is 13.9. The first kappa shape index (κ1) is 28.3. The van der Waals surface area contributed by atoms with E-state index in [4.69, 9.17) is 9.98 Å². The standard InChI is InChI=1S/C37H29N3O2.Zn/c1-22-16-28-29-17-23(2)19-33(39-21-31-27-11-7-5-9-25(27)13-15-35(31)42)37(29)40(3)36(28)32(18-22)38-20-30-26-10-6-4-8-24(26)12-14-34(30)41;/h4-21,41-42H,1-3H3;. The molecule has 0 aliphatic rings. The molecule has 5 nitrogen and oxygen atoms in total. The van der Waals surface area contributed by atoms with Gasteiger partial charge in [-0.25, -0.2) is 0 Å². The molecule has 6 aromatic carbocycles. The van der Waals surface area contributed by atoms with Crippen molar-refractivity contribution in [3.63, 3.8) is 0 Å². The zero-order valence-electron chi connectivity index (χ0n) is 24.3. The number of phenols is 2. The second-order valence-corrected chi connectivity index (χ2v) is 10.9. The molecule has 0 bridgehead atoms. The summed E-state index contributed by atoms with van der Waals surface area (Å²) in [5.41, 5.74) is 7.18. The topological polar surface area (TPSA) is 70.1 Å². The Morgan fingerprint density at radius 1 is 0.558 bits per heavy atom. The summed E-state index contributed by atoms with van der Waals surface area (Å²) in [6, 6.07) is 31.8. The van der Waals surface area contributed by atoms with Gasteiger partial charge in [0.2, 0.25) is 0 Å². The van der Waals surface area contributed by atoms with E-state index in [1.165, 1.54) is 0 Å². The van der Waals surface area contributed by atoms with E-state index in [0.717, 1.165) is 65.9 Å². The number of phenolic OH excluding ortho intramolecular Hbond substituents is 2. The first-order chi connectivity index (χ1) is 20.4. The maximum Gasteiger partial charge on any atom is 0.124 e. The van der Waals surface area contributed by atoms with Crippen molar-refractivity contribution in [2.24, 2.45) is 17.0 Å². The summed E-state index contributed by atoms with van der Waals surface area (Å²) >= 11 is 0. The van der Waals surface area contributed by atoms with E-state index in [1.807, 2.05) is 67.7 Å². The molecule has 0 unspecified atom stereocenters. The third-order valence-electron chi connectivity index (χ3n) is 7.99. The van der Waals surface area contributed by atoms with Crippen molar-refractivity contribution < 1.29 is 29.7 Å². The molecule has 7 aromatic rings. The minimum atomic E-state index is 0. The number of rotatable bonds is 4. The Hall–Kier alpha value is -4.80. The van der Waals surface area contributed by atoms with Crippen LogP contribution < -0.4 is 0 Å². The van der Waals surface area contributed by atoms with E-state index in [9.17, 15) is 10.2 Å². The van der Waals surface area contributed by atoms with Gasteiger partial charge in [-0.2, -0.15) is 0 Å². The van der Waals surface area contributed by atoms with E-state index in [2.05, 4.69) is 42.7 Å². The quantitative estimate of drug-likeness (QED) is 0.154. The Kier molecular flexibility index (Phi) is 7.33. The number of aryl methyl sites for hydroxylation is 3. The van der Waals surface area contributed by atoms with Crippen LogP contribution in [0.3, 0.4) is 0 Å². The molecule has 0 saturated heterocycles. The van der Waals surface area contributed by atoms with Crippen LogP contribution in [0.1, 0.15) is 22.3 Å². The van der Waals surface area contributed by atoms with Gasteiger partial charge in [0.15, 0.2) is 0 Å². The fraction of sp³-hybridized carbons (Fsp3) is 0.0811. The van der Waals surface area contributed by atoms with Crippen molar-refractivity contribution in [1.82, 2.24) is 4.57 Å². The van der Waals surface area contributed by atoms with E-state index in [-0.39, 0.29) is 31.0 Å². The van der Waals surface area contributed by atoms with Gasteiger partial charge in [-0.1, -0.05) is 60.7 Å². The molecule has 1 aromatic heterocycles. The van der Waals surface area contributed by atoms with Crippen molar-refractivity contribution in [3.8, 4) is 11.5 Å². The molecule has 7 rings (SSSR count). The van der Waals surface area contributed by atoms with Crippen LogP contribution >= 0.6 is 0 Å². The zero-order chi connectivity index (χ0) is 29.0. The van der Waals surface area contributed by atoms with Crippen molar-refractivity contribution in [3.05, 3.63) is 119 Å². The Balaban J connectivity index is 0.00000329. The van der Waals surface area contributed by atoms with Gasteiger partial charge in [0.25, 0.3) is 0 Å². The van der Waals surface area contributed by atoms with Crippen LogP contribution in [0, 0.1) is 13.8 Å². The summed E-state index contributed by atoms with van der Waals surface area (Å²) in [5.74, 6) is 0.393. The summed E-state index contributed by atoms with van der Waals surface area (Å²) < 4.78 is 2.15. The van der Waals surface area contributed by atoms with Crippen molar-refractivity contribution in [2.75, 3.05) is 0 Å². The summed E-state index contributed by atoms with van der Waals surface area (Å²) in [4.78, 5) is 9.89. The van der Waals surface area contributed by atoms with E-state index >= 15 is 0 Å². The van der Waals surface area contributed by atoms with Crippen molar-refractivity contribution in [2.45, 2.75) is 13.8 Å². The Bertz CT molecular complexity index is 2100. The smallest absolute Gasteiger partial charge is 0.124 e. The fourth-order valence-electron chi connectivity index (χ4n) is 6.05. The molecule has 0 spiro atoms. The Morgan fingerprint density at radius 3 is 1.42 bits per heavy atom. The SMILES string of the molecule is Cc1cc(N=Cc2c(O)ccc3ccccc23)c2c(c1)c1cc(C)cc(N=Cc3c(O)ccc4ccccc34)c1n2C.[Zn]. The largest absolute Gasteiger partial charge is 0.507 e. The van der Waals surface area contributed by atoms with Crippen LogP contribution in [0.15, 0.2) is 107 Å². The molecule has 206 valence electrons. The molecular weight excluding hydrogens is 584 g/mol. The number of hydrogen-bond donors (Lipinski definition) is 2. The third-order valence-corrected chi connectivity index (χ3v) is 7.99. The molecule has 0 fully saturated rings. The Morgan fingerprint density at radius 2 is 0.977 bits per heavy atom. The normalized spacial score (nSPS) is 11.9. The number of aromatic nitrogens is 1. The molecule has 6 heteroatoms. The molecular formula is C37H29N3O2Zn. The summed E-state index contributed by atoms with van der Waals surface area (Å²) in [5, 5.41) is 27.6. The summed E-state index contributed by atoms with van der Waals surface area (Å²) in [7, 11) is 2.04. The van der Waals surface area contributed by atoms with Crippen LogP contribution in [0.25, 0.3) is 43.4 Å². The van der Waals surface area contributed by atoms with Gasteiger partial charge in [0, 0.05) is 60.9 Å². The second kappa shape index (κ2) is 11.1. The minimum Gasteiger partial charge on any atom is -0.507 e. The second-order valence-electron chi connectivity index (χ2n) is 10.9. The third kappa shape index (κ3) is 4.88. The van der Waals surface area contributed by atoms with Crippen molar-refractivity contribution in [1.29, 1.82) is 0 Å². The zero-order valence-corrected chi connectivity index (χ0v) is 27.3. The van der Waals surface area contributed by atoms with Gasteiger partial charge in [0.05, 0.1) is 22.4 Å². The van der Waals surface area contributed by atoms with Gasteiger partial charge in [0.1, 0.15) is 11.5 Å². The first-order valence-electron chi connectivity index (χ1n) is 13.9.